The van der Waals surface area contributed by atoms with Crippen LogP contribution < -0.4 is 5.32 Å². The Hall–Kier alpha value is -2.86. The molecule has 1 N–H and O–H groups in total. The van der Waals surface area contributed by atoms with Crippen LogP contribution >= 0.6 is 11.3 Å². The van der Waals surface area contributed by atoms with Crippen molar-refractivity contribution in [3.63, 3.8) is 0 Å². The number of aryl methyl sites for hydroxylation is 2. The summed E-state index contributed by atoms with van der Waals surface area (Å²) in [7, 11) is 0. The van der Waals surface area contributed by atoms with E-state index in [1.165, 1.54) is 11.3 Å². The number of benzene rings is 1. The predicted octanol–water partition coefficient (Wildman–Crippen LogP) is 5.05. The monoisotopic (exact) mass is 369 g/mol. The molecule has 0 aliphatic rings. The molecule has 0 atom stereocenters. The molecule has 0 radical (unpaired) electrons. The van der Waals surface area contributed by atoms with Crippen LogP contribution in [-0.4, -0.2) is 18.5 Å². The van der Waals surface area contributed by atoms with Crippen LogP contribution in [0.5, 0.6) is 0 Å². The molecule has 0 saturated carbocycles. The molecule has 1 aromatic carbocycles. The first-order chi connectivity index (χ1) is 12.5. The van der Waals surface area contributed by atoms with E-state index in [1.807, 2.05) is 37.3 Å². The van der Waals surface area contributed by atoms with Crippen LogP contribution in [0.25, 0.3) is 11.1 Å². The lowest BCUT2D eigenvalue weighted by molar-refractivity contribution is 0.0529. The van der Waals surface area contributed by atoms with E-state index in [2.05, 4.69) is 5.32 Å². The summed E-state index contributed by atoms with van der Waals surface area (Å²) in [5, 5.41) is 3.25. The third kappa shape index (κ3) is 3.55. The average molecular weight is 369 g/mol. The molecule has 26 heavy (non-hydrogen) atoms. The molecule has 0 saturated heterocycles. The Bertz CT molecular complexity index is 940. The van der Waals surface area contributed by atoms with Crippen molar-refractivity contribution in [1.29, 1.82) is 0 Å². The van der Waals surface area contributed by atoms with Crippen LogP contribution in [0.15, 0.2) is 46.9 Å². The molecule has 1 amide bonds. The number of thiophene rings is 1. The van der Waals surface area contributed by atoms with Crippen LogP contribution in [0.3, 0.4) is 0 Å². The van der Waals surface area contributed by atoms with Crippen molar-refractivity contribution in [2.75, 3.05) is 11.9 Å². The Balaban J connectivity index is 2.04. The van der Waals surface area contributed by atoms with Gasteiger partial charge >= 0.3 is 5.97 Å². The molecule has 134 valence electrons. The molecule has 3 rings (SSSR count). The minimum Gasteiger partial charge on any atom is -0.462 e. The Kier molecular flexibility index (Phi) is 5.23. The largest absolute Gasteiger partial charge is 0.462 e. The maximum Gasteiger partial charge on any atom is 0.341 e. The lowest BCUT2D eigenvalue weighted by Gasteiger charge is -2.08. The summed E-state index contributed by atoms with van der Waals surface area (Å²) in [4.78, 5) is 26.0. The second kappa shape index (κ2) is 7.58. The average Bonchev–Trinajstić information content (AvgIpc) is 3.19. The Morgan fingerprint density at radius 2 is 1.85 bits per heavy atom. The molecule has 0 aliphatic carbocycles. The fourth-order valence-corrected chi connectivity index (χ4v) is 3.76. The number of hydrogen-bond acceptors (Lipinski definition) is 5. The molecule has 0 spiro atoms. The number of carbonyl (C=O) groups is 2. The van der Waals surface area contributed by atoms with Crippen LogP contribution in [0.1, 0.15) is 38.5 Å². The summed E-state index contributed by atoms with van der Waals surface area (Å²) < 4.78 is 10.6. The highest BCUT2D eigenvalue weighted by atomic mass is 32.1. The molecular weight excluding hydrogens is 350 g/mol. The maximum absolute atomic E-state index is 12.6. The van der Waals surface area contributed by atoms with Gasteiger partial charge in [-0.3, -0.25) is 4.79 Å². The Morgan fingerprint density at radius 1 is 1.12 bits per heavy atom. The number of anilines is 1. The summed E-state index contributed by atoms with van der Waals surface area (Å²) in [5.41, 5.74) is 2.05. The van der Waals surface area contributed by atoms with Crippen molar-refractivity contribution < 1.29 is 18.7 Å². The van der Waals surface area contributed by atoms with Gasteiger partial charge in [-0.25, -0.2) is 4.79 Å². The van der Waals surface area contributed by atoms with E-state index >= 15 is 0 Å². The Labute approximate surface area is 155 Å². The number of furan rings is 1. The minimum atomic E-state index is -0.457. The van der Waals surface area contributed by atoms with E-state index in [0.717, 1.165) is 16.0 Å². The van der Waals surface area contributed by atoms with Crippen LogP contribution in [0, 0.1) is 13.8 Å². The SMILES string of the molecule is CCOC(=O)c1c(NC(=O)c2ccc(C)o2)sc(C)c1-c1ccccc1. The predicted molar refractivity (Wildman–Crippen MR) is 102 cm³/mol. The van der Waals surface area contributed by atoms with Gasteiger partial charge in [0, 0.05) is 10.4 Å². The van der Waals surface area contributed by atoms with Crippen LogP contribution in [-0.2, 0) is 4.74 Å². The fourth-order valence-electron chi connectivity index (χ4n) is 2.70. The molecule has 0 bridgehead atoms. The van der Waals surface area contributed by atoms with Crippen molar-refractivity contribution in [3.05, 3.63) is 64.4 Å². The third-order valence-electron chi connectivity index (χ3n) is 3.82. The van der Waals surface area contributed by atoms with Gasteiger partial charge in [0.25, 0.3) is 5.91 Å². The third-order valence-corrected chi connectivity index (χ3v) is 4.84. The molecule has 0 fully saturated rings. The standard InChI is InChI=1S/C20H19NO4S/c1-4-24-20(23)17-16(14-8-6-5-7-9-14)13(3)26-19(17)21-18(22)15-11-10-12(2)25-15/h5-11H,4H2,1-3H3,(H,21,22). The van der Waals surface area contributed by atoms with E-state index in [0.29, 0.717) is 16.3 Å². The highest BCUT2D eigenvalue weighted by Gasteiger charge is 2.26. The number of esters is 1. The first-order valence-corrected chi connectivity index (χ1v) is 9.06. The highest BCUT2D eigenvalue weighted by Crippen LogP contribution is 2.40. The topological polar surface area (TPSA) is 68.5 Å². The van der Waals surface area contributed by atoms with E-state index in [4.69, 9.17) is 9.15 Å². The molecule has 5 nitrogen and oxygen atoms in total. The first kappa shape index (κ1) is 17.9. The van der Waals surface area contributed by atoms with Gasteiger partial charge in [-0.05, 0) is 38.5 Å². The van der Waals surface area contributed by atoms with E-state index in [-0.39, 0.29) is 12.4 Å². The molecule has 0 aliphatic heterocycles. The zero-order valence-electron chi connectivity index (χ0n) is 14.8. The molecule has 0 unspecified atom stereocenters. The second-order valence-corrected chi connectivity index (χ2v) is 6.91. The van der Waals surface area contributed by atoms with E-state index in [9.17, 15) is 9.59 Å². The number of nitrogens with one attached hydrogen (secondary N) is 1. The van der Waals surface area contributed by atoms with Crippen molar-refractivity contribution in [3.8, 4) is 11.1 Å². The molecular formula is C20H19NO4S. The van der Waals surface area contributed by atoms with Gasteiger partial charge in [0.1, 0.15) is 16.3 Å². The first-order valence-electron chi connectivity index (χ1n) is 8.25. The second-order valence-electron chi connectivity index (χ2n) is 5.69. The van der Waals surface area contributed by atoms with Crippen LogP contribution in [0.2, 0.25) is 0 Å². The van der Waals surface area contributed by atoms with Gasteiger partial charge in [0.2, 0.25) is 0 Å². The van der Waals surface area contributed by atoms with E-state index < -0.39 is 11.9 Å². The highest BCUT2D eigenvalue weighted by molar-refractivity contribution is 7.17. The summed E-state index contributed by atoms with van der Waals surface area (Å²) >= 11 is 1.35. The quantitative estimate of drug-likeness (QED) is 0.639. The van der Waals surface area contributed by atoms with Gasteiger partial charge in [-0.2, -0.15) is 0 Å². The molecule has 3 aromatic rings. The van der Waals surface area contributed by atoms with Gasteiger partial charge in [-0.1, -0.05) is 30.3 Å². The number of ether oxygens (including phenoxy) is 1. The summed E-state index contributed by atoms with van der Waals surface area (Å²) in [6.07, 6.45) is 0. The number of hydrogen-bond donors (Lipinski definition) is 1. The number of carbonyl (C=O) groups excluding carboxylic acids is 2. The summed E-state index contributed by atoms with van der Waals surface area (Å²) in [6, 6.07) is 12.9. The van der Waals surface area contributed by atoms with Crippen molar-refractivity contribution in [2.24, 2.45) is 0 Å². The molecule has 2 heterocycles. The van der Waals surface area contributed by atoms with Crippen LogP contribution in [0.4, 0.5) is 5.00 Å². The van der Waals surface area contributed by atoms with Crippen molar-refractivity contribution in [1.82, 2.24) is 0 Å². The lowest BCUT2D eigenvalue weighted by atomic mass is 10.0. The summed E-state index contributed by atoms with van der Waals surface area (Å²) in [5.74, 6) is -0.0103. The number of amides is 1. The lowest BCUT2D eigenvalue weighted by Crippen LogP contribution is -2.14. The van der Waals surface area contributed by atoms with E-state index in [1.54, 1.807) is 26.0 Å². The fraction of sp³-hybridized carbons (Fsp3) is 0.200. The smallest absolute Gasteiger partial charge is 0.341 e. The minimum absolute atomic E-state index is 0.199. The van der Waals surface area contributed by atoms with Gasteiger partial charge in [0.05, 0.1) is 6.61 Å². The van der Waals surface area contributed by atoms with Gasteiger partial charge in [0.15, 0.2) is 5.76 Å². The molecule has 6 heteroatoms. The van der Waals surface area contributed by atoms with Crippen molar-refractivity contribution >= 4 is 28.2 Å². The Morgan fingerprint density at radius 3 is 2.46 bits per heavy atom. The zero-order valence-corrected chi connectivity index (χ0v) is 15.6. The molecule has 2 aromatic heterocycles. The number of rotatable bonds is 5. The normalized spacial score (nSPS) is 10.6. The van der Waals surface area contributed by atoms with Gasteiger partial charge in [-0.15, -0.1) is 11.3 Å². The maximum atomic E-state index is 12.6. The zero-order chi connectivity index (χ0) is 18.7. The van der Waals surface area contributed by atoms with Crippen molar-refractivity contribution in [2.45, 2.75) is 20.8 Å². The summed E-state index contributed by atoms with van der Waals surface area (Å²) in [6.45, 7) is 5.70. The van der Waals surface area contributed by atoms with Gasteiger partial charge < -0.3 is 14.5 Å².